The van der Waals surface area contributed by atoms with Gasteiger partial charge in [-0.1, -0.05) is 11.6 Å². The highest BCUT2D eigenvalue weighted by molar-refractivity contribution is 6.30. The standard InChI is InChI=1S/C7H5ClN4O/c8-5-1-2-6(7(13)3-5)12-4-9-10-11-12/h1-4,13H. The lowest BCUT2D eigenvalue weighted by atomic mass is 10.3. The Kier molecular flexibility index (Phi) is 1.86. The minimum absolute atomic E-state index is 0.0415. The predicted octanol–water partition coefficient (Wildman–Crippen LogP) is 1.02. The van der Waals surface area contributed by atoms with E-state index in [1.165, 1.54) is 17.1 Å². The Labute approximate surface area is 78.6 Å². The molecule has 13 heavy (non-hydrogen) atoms. The molecule has 0 atom stereocenters. The highest BCUT2D eigenvalue weighted by Gasteiger charge is 2.04. The van der Waals surface area contributed by atoms with E-state index in [4.69, 9.17) is 11.6 Å². The molecule has 6 heteroatoms. The van der Waals surface area contributed by atoms with Crippen LogP contribution in [0.5, 0.6) is 5.75 Å². The van der Waals surface area contributed by atoms with Crippen molar-refractivity contribution in [2.24, 2.45) is 0 Å². The van der Waals surface area contributed by atoms with Gasteiger partial charge < -0.3 is 5.11 Å². The molecule has 0 spiro atoms. The molecule has 0 saturated heterocycles. The first-order chi connectivity index (χ1) is 6.27. The summed E-state index contributed by atoms with van der Waals surface area (Å²) in [6.45, 7) is 0. The van der Waals surface area contributed by atoms with Gasteiger partial charge in [0.15, 0.2) is 0 Å². The van der Waals surface area contributed by atoms with Crippen LogP contribution in [0.3, 0.4) is 0 Å². The largest absolute Gasteiger partial charge is 0.506 e. The van der Waals surface area contributed by atoms with Crippen LogP contribution >= 0.6 is 11.6 Å². The third kappa shape index (κ3) is 1.46. The average molecular weight is 197 g/mol. The lowest BCUT2D eigenvalue weighted by molar-refractivity contribution is 0.470. The number of tetrazole rings is 1. The Morgan fingerprint density at radius 1 is 1.38 bits per heavy atom. The van der Waals surface area contributed by atoms with E-state index in [9.17, 15) is 5.11 Å². The summed E-state index contributed by atoms with van der Waals surface area (Å²) >= 11 is 5.66. The van der Waals surface area contributed by atoms with Crippen LogP contribution in [0.1, 0.15) is 0 Å². The highest BCUT2D eigenvalue weighted by Crippen LogP contribution is 2.23. The van der Waals surface area contributed by atoms with Crippen LogP contribution in [-0.4, -0.2) is 25.3 Å². The summed E-state index contributed by atoms with van der Waals surface area (Å²) in [5.41, 5.74) is 0.495. The molecule has 2 aromatic rings. The molecule has 0 saturated carbocycles. The molecule has 1 aromatic heterocycles. The normalized spacial score (nSPS) is 10.2. The number of halogens is 1. The fraction of sp³-hybridized carbons (Fsp3) is 0. The maximum atomic E-state index is 9.46. The monoisotopic (exact) mass is 196 g/mol. The number of phenolic OH excluding ortho intramolecular Hbond substituents is 1. The van der Waals surface area contributed by atoms with E-state index in [1.807, 2.05) is 0 Å². The summed E-state index contributed by atoms with van der Waals surface area (Å²) in [5, 5.41) is 20.5. The quantitative estimate of drug-likeness (QED) is 0.740. The molecular weight excluding hydrogens is 192 g/mol. The summed E-state index contributed by atoms with van der Waals surface area (Å²) in [6, 6.07) is 4.71. The number of rotatable bonds is 1. The Bertz CT molecular complexity index is 414. The van der Waals surface area contributed by atoms with E-state index in [0.717, 1.165) is 0 Å². The molecule has 1 aromatic carbocycles. The zero-order valence-electron chi connectivity index (χ0n) is 6.42. The van der Waals surface area contributed by atoms with Crippen LogP contribution in [0, 0.1) is 0 Å². The molecule has 0 unspecified atom stereocenters. The number of hydrogen-bond acceptors (Lipinski definition) is 4. The summed E-state index contributed by atoms with van der Waals surface area (Å²) in [6.07, 6.45) is 1.39. The van der Waals surface area contributed by atoms with Crippen molar-refractivity contribution in [3.8, 4) is 11.4 Å². The van der Waals surface area contributed by atoms with Gasteiger partial charge in [0.2, 0.25) is 0 Å². The third-order valence-electron chi connectivity index (χ3n) is 1.53. The van der Waals surface area contributed by atoms with Gasteiger partial charge in [-0.15, -0.1) is 5.10 Å². The fourth-order valence-electron chi connectivity index (χ4n) is 0.962. The van der Waals surface area contributed by atoms with Crippen molar-refractivity contribution in [3.63, 3.8) is 0 Å². The van der Waals surface area contributed by atoms with E-state index < -0.39 is 0 Å². The van der Waals surface area contributed by atoms with Crippen LogP contribution < -0.4 is 0 Å². The minimum Gasteiger partial charge on any atom is -0.506 e. The van der Waals surface area contributed by atoms with Crippen LogP contribution in [0.4, 0.5) is 0 Å². The maximum absolute atomic E-state index is 9.46. The summed E-state index contributed by atoms with van der Waals surface area (Å²) < 4.78 is 1.35. The number of aromatic nitrogens is 4. The van der Waals surface area contributed by atoms with E-state index in [-0.39, 0.29) is 5.75 Å². The number of benzene rings is 1. The number of phenols is 1. The summed E-state index contributed by atoms with van der Waals surface area (Å²) in [7, 11) is 0. The highest BCUT2D eigenvalue weighted by atomic mass is 35.5. The Balaban J connectivity index is 2.53. The van der Waals surface area contributed by atoms with Gasteiger partial charge in [0.25, 0.3) is 0 Å². The zero-order valence-corrected chi connectivity index (χ0v) is 7.18. The van der Waals surface area contributed by atoms with Gasteiger partial charge >= 0.3 is 0 Å². The molecule has 5 nitrogen and oxygen atoms in total. The molecule has 2 rings (SSSR count). The van der Waals surface area contributed by atoms with Crippen molar-refractivity contribution in [1.82, 2.24) is 20.2 Å². The first-order valence-electron chi connectivity index (χ1n) is 3.49. The number of hydrogen-bond donors (Lipinski definition) is 1. The average Bonchev–Trinajstić information content (AvgIpc) is 2.56. The van der Waals surface area contributed by atoms with Crippen molar-refractivity contribution in [2.75, 3.05) is 0 Å². The van der Waals surface area contributed by atoms with Gasteiger partial charge in [-0.05, 0) is 22.6 Å². The lowest BCUT2D eigenvalue weighted by Gasteiger charge is -2.01. The minimum atomic E-state index is 0.0415. The molecule has 1 N–H and O–H groups in total. The van der Waals surface area contributed by atoms with E-state index in [2.05, 4.69) is 15.5 Å². The summed E-state index contributed by atoms with van der Waals surface area (Å²) in [5.74, 6) is 0.0415. The van der Waals surface area contributed by atoms with Crippen LogP contribution in [0.2, 0.25) is 5.02 Å². The molecule has 1 heterocycles. The first-order valence-corrected chi connectivity index (χ1v) is 3.87. The van der Waals surface area contributed by atoms with Gasteiger partial charge in [0.1, 0.15) is 17.8 Å². The van der Waals surface area contributed by atoms with Crippen molar-refractivity contribution < 1.29 is 5.11 Å². The van der Waals surface area contributed by atoms with E-state index in [0.29, 0.717) is 10.7 Å². The van der Waals surface area contributed by atoms with Gasteiger partial charge in [0, 0.05) is 11.1 Å². The molecule has 0 fully saturated rings. The Morgan fingerprint density at radius 3 is 2.85 bits per heavy atom. The first kappa shape index (κ1) is 8.00. The third-order valence-corrected chi connectivity index (χ3v) is 1.77. The van der Waals surface area contributed by atoms with Gasteiger partial charge in [-0.3, -0.25) is 0 Å². The smallest absolute Gasteiger partial charge is 0.144 e. The van der Waals surface area contributed by atoms with E-state index in [1.54, 1.807) is 12.1 Å². The second-order valence-electron chi connectivity index (χ2n) is 2.39. The molecule has 0 amide bonds. The van der Waals surface area contributed by atoms with Crippen molar-refractivity contribution >= 4 is 11.6 Å². The molecule has 66 valence electrons. The number of nitrogens with zero attached hydrogens (tertiary/aromatic N) is 4. The van der Waals surface area contributed by atoms with Crippen molar-refractivity contribution in [3.05, 3.63) is 29.5 Å². The predicted molar refractivity (Wildman–Crippen MR) is 45.8 cm³/mol. The van der Waals surface area contributed by atoms with Gasteiger partial charge in [0.05, 0.1) is 0 Å². The van der Waals surface area contributed by atoms with Crippen LogP contribution in [-0.2, 0) is 0 Å². The molecule has 0 aliphatic rings. The zero-order chi connectivity index (χ0) is 9.26. The second-order valence-corrected chi connectivity index (χ2v) is 2.82. The van der Waals surface area contributed by atoms with E-state index >= 15 is 0 Å². The molecule has 0 aliphatic heterocycles. The molecule has 0 radical (unpaired) electrons. The van der Waals surface area contributed by atoms with Crippen LogP contribution in [0.15, 0.2) is 24.5 Å². The topological polar surface area (TPSA) is 63.8 Å². The van der Waals surface area contributed by atoms with Gasteiger partial charge in [-0.25, -0.2) is 0 Å². The van der Waals surface area contributed by atoms with Crippen molar-refractivity contribution in [1.29, 1.82) is 0 Å². The Hall–Kier alpha value is -1.62. The molecule has 0 bridgehead atoms. The fourth-order valence-corrected chi connectivity index (χ4v) is 1.13. The SMILES string of the molecule is Oc1cc(Cl)ccc1-n1cnnn1. The number of aromatic hydroxyl groups is 1. The second kappa shape index (κ2) is 3.02. The van der Waals surface area contributed by atoms with Crippen molar-refractivity contribution in [2.45, 2.75) is 0 Å². The maximum Gasteiger partial charge on any atom is 0.144 e. The summed E-state index contributed by atoms with van der Waals surface area (Å²) in [4.78, 5) is 0. The Morgan fingerprint density at radius 2 is 2.23 bits per heavy atom. The molecule has 0 aliphatic carbocycles. The lowest BCUT2D eigenvalue weighted by Crippen LogP contribution is -1.94. The molecular formula is C7H5ClN4O. The van der Waals surface area contributed by atoms with Crippen LogP contribution in [0.25, 0.3) is 5.69 Å². The van der Waals surface area contributed by atoms with Gasteiger partial charge in [-0.2, -0.15) is 4.68 Å².